The standard InChI is InChI=1S/C14H19NO7S/c1-8(2)12(13(16)17)15-23(19,20)11-7-9(14(18)22-4)5-6-10(11)21-3/h5-8,12,15H,1-4H3,(H,16,17)/t12-/m1/s1. The first-order valence-corrected chi connectivity index (χ1v) is 8.13. The van der Waals surface area contributed by atoms with E-state index in [1.807, 2.05) is 0 Å². The number of carboxylic acids is 1. The van der Waals surface area contributed by atoms with Gasteiger partial charge in [0.15, 0.2) is 0 Å². The molecular weight excluding hydrogens is 326 g/mol. The number of methoxy groups -OCH3 is 2. The minimum absolute atomic E-state index is 0.00472. The number of sulfonamides is 1. The molecule has 0 aromatic heterocycles. The van der Waals surface area contributed by atoms with Crippen molar-refractivity contribution in [2.24, 2.45) is 5.92 Å². The molecule has 1 rings (SSSR count). The molecule has 1 atom stereocenters. The van der Waals surface area contributed by atoms with E-state index in [2.05, 4.69) is 9.46 Å². The lowest BCUT2D eigenvalue weighted by atomic mass is 10.1. The number of carbonyl (C=O) groups excluding carboxylic acids is 1. The van der Waals surface area contributed by atoms with Gasteiger partial charge in [0.1, 0.15) is 16.7 Å². The Hall–Kier alpha value is -2.13. The zero-order valence-electron chi connectivity index (χ0n) is 13.2. The largest absolute Gasteiger partial charge is 0.495 e. The Morgan fingerprint density at radius 2 is 1.83 bits per heavy atom. The molecule has 1 aromatic rings. The van der Waals surface area contributed by atoms with E-state index >= 15 is 0 Å². The number of benzene rings is 1. The van der Waals surface area contributed by atoms with Crippen LogP contribution in [0, 0.1) is 5.92 Å². The molecule has 0 bridgehead atoms. The normalized spacial score (nSPS) is 12.7. The molecule has 0 spiro atoms. The van der Waals surface area contributed by atoms with Crippen molar-refractivity contribution in [3.8, 4) is 5.75 Å². The second kappa shape index (κ2) is 7.42. The summed E-state index contributed by atoms with van der Waals surface area (Å²) >= 11 is 0. The SMILES string of the molecule is COC(=O)c1ccc(OC)c(S(=O)(=O)N[C@@H](C(=O)O)C(C)C)c1. The van der Waals surface area contributed by atoms with E-state index in [-0.39, 0.29) is 16.2 Å². The summed E-state index contributed by atoms with van der Waals surface area (Å²) in [6.45, 7) is 3.15. The van der Waals surface area contributed by atoms with E-state index in [4.69, 9.17) is 9.84 Å². The van der Waals surface area contributed by atoms with E-state index in [0.29, 0.717) is 0 Å². The fraction of sp³-hybridized carbons (Fsp3) is 0.429. The van der Waals surface area contributed by atoms with Gasteiger partial charge in [0.2, 0.25) is 10.0 Å². The summed E-state index contributed by atoms with van der Waals surface area (Å²) in [4.78, 5) is 22.4. The summed E-state index contributed by atoms with van der Waals surface area (Å²) in [5, 5.41) is 9.13. The average molecular weight is 345 g/mol. The summed E-state index contributed by atoms with van der Waals surface area (Å²) in [7, 11) is -1.79. The smallest absolute Gasteiger partial charge is 0.337 e. The van der Waals surface area contributed by atoms with Crippen LogP contribution < -0.4 is 9.46 Å². The Morgan fingerprint density at radius 3 is 2.26 bits per heavy atom. The maximum absolute atomic E-state index is 12.5. The van der Waals surface area contributed by atoms with Crippen LogP contribution in [0.1, 0.15) is 24.2 Å². The molecule has 0 unspecified atom stereocenters. The van der Waals surface area contributed by atoms with Crippen molar-refractivity contribution in [3.05, 3.63) is 23.8 Å². The van der Waals surface area contributed by atoms with Gasteiger partial charge in [0, 0.05) is 0 Å². The van der Waals surface area contributed by atoms with Crippen LogP contribution in [0.3, 0.4) is 0 Å². The lowest BCUT2D eigenvalue weighted by Crippen LogP contribution is -2.44. The fourth-order valence-corrected chi connectivity index (χ4v) is 3.37. The molecule has 0 aliphatic rings. The van der Waals surface area contributed by atoms with Gasteiger partial charge in [-0.3, -0.25) is 4.79 Å². The molecule has 23 heavy (non-hydrogen) atoms. The van der Waals surface area contributed by atoms with Gasteiger partial charge in [-0.25, -0.2) is 13.2 Å². The lowest BCUT2D eigenvalue weighted by molar-refractivity contribution is -0.140. The van der Waals surface area contributed by atoms with Crippen LogP contribution in [0.2, 0.25) is 0 Å². The van der Waals surface area contributed by atoms with Crippen LogP contribution in [0.15, 0.2) is 23.1 Å². The van der Waals surface area contributed by atoms with E-state index in [1.54, 1.807) is 13.8 Å². The number of hydrogen-bond donors (Lipinski definition) is 2. The molecule has 0 saturated heterocycles. The summed E-state index contributed by atoms with van der Waals surface area (Å²) in [5.41, 5.74) is 0.00472. The van der Waals surface area contributed by atoms with E-state index < -0.39 is 33.9 Å². The Bertz CT molecular complexity index is 697. The van der Waals surface area contributed by atoms with E-state index in [1.165, 1.54) is 19.2 Å². The van der Waals surface area contributed by atoms with Gasteiger partial charge in [-0.2, -0.15) is 4.72 Å². The van der Waals surface area contributed by atoms with Crippen molar-refractivity contribution < 1.29 is 32.6 Å². The van der Waals surface area contributed by atoms with Crippen LogP contribution in [0.5, 0.6) is 5.75 Å². The van der Waals surface area contributed by atoms with Gasteiger partial charge < -0.3 is 14.6 Å². The van der Waals surface area contributed by atoms with Crippen molar-refractivity contribution in [1.82, 2.24) is 4.72 Å². The summed E-state index contributed by atoms with van der Waals surface area (Å²) in [6.07, 6.45) is 0. The van der Waals surface area contributed by atoms with Crippen LogP contribution in [-0.2, 0) is 19.6 Å². The third-order valence-corrected chi connectivity index (χ3v) is 4.55. The number of aliphatic carboxylic acids is 1. The van der Waals surface area contributed by atoms with Crippen molar-refractivity contribution in [2.75, 3.05) is 14.2 Å². The Morgan fingerprint density at radius 1 is 1.22 bits per heavy atom. The number of carbonyl (C=O) groups is 2. The highest BCUT2D eigenvalue weighted by atomic mass is 32.2. The Labute approximate surface area is 134 Å². The molecule has 8 nitrogen and oxygen atoms in total. The topological polar surface area (TPSA) is 119 Å². The maximum Gasteiger partial charge on any atom is 0.337 e. The average Bonchev–Trinajstić information content (AvgIpc) is 2.50. The van der Waals surface area contributed by atoms with Crippen LogP contribution in [-0.4, -0.2) is 45.7 Å². The zero-order chi connectivity index (χ0) is 17.8. The first-order valence-electron chi connectivity index (χ1n) is 6.65. The van der Waals surface area contributed by atoms with Crippen molar-refractivity contribution in [3.63, 3.8) is 0 Å². The van der Waals surface area contributed by atoms with E-state index in [0.717, 1.165) is 13.2 Å². The first kappa shape index (κ1) is 18.9. The van der Waals surface area contributed by atoms with Gasteiger partial charge >= 0.3 is 11.9 Å². The molecule has 2 N–H and O–H groups in total. The predicted octanol–water partition coefficient (Wildman–Crippen LogP) is 0.869. The van der Waals surface area contributed by atoms with Crippen LogP contribution in [0.4, 0.5) is 0 Å². The molecule has 0 aliphatic carbocycles. The number of carboxylic acid groups (broad SMARTS) is 1. The summed E-state index contributed by atoms with van der Waals surface area (Å²) < 4.78 is 36.6. The second-order valence-electron chi connectivity index (χ2n) is 5.04. The number of hydrogen-bond acceptors (Lipinski definition) is 6. The molecule has 0 saturated carbocycles. The van der Waals surface area contributed by atoms with E-state index in [9.17, 15) is 18.0 Å². The third-order valence-electron chi connectivity index (χ3n) is 3.09. The number of nitrogens with one attached hydrogen (secondary N) is 1. The quantitative estimate of drug-likeness (QED) is 0.704. The molecule has 0 amide bonds. The highest BCUT2D eigenvalue weighted by molar-refractivity contribution is 7.89. The molecule has 0 aliphatic heterocycles. The second-order valence-corrected chi connectivity index (χ2v) is 6.72. The van der Waals surface area contributed by atoms with Gasteiger partial charge in [0.05, 0.1) is 19.8 Å². The number of esters is 1. The Balaban J connectivity index is 3.35. The minimum atomic E-state index is -4.22. The molecule has 0 fully saturated rings. The highest BCUT2D eigenvalue weighted by Gasteiger charge is 2.30. The fourth-order valence-electron chi connectivity index (χ4n) is 1.83. The number of ether oxygens (including phenoxy) is 2. The van der Waals surface area contributed by atoms with Crippen molar-refractivity contribution in [2.45, 2.75) is 24.8 Å². The van der Waals surface area contributed by atoms with Gasteiger partial charge in [0.25, 0.3) is 0 Å². The molecule has 128 valence electrons. The van der Waals surface area contributed by atoms with Crippen LogP contribution in [0.25, 0.3) is 0 Å². The van der Waals surface area contributed by atoms with Gasteiger partial charge in [-0.05, 0) is 24.1 Å². The lowest BCUT2D eigenvalue weighted by Gasteiger charge is -2.19. The zero-order valence-corrected chi connectivity index (χ0v) is 14.0. The minimum Gasteiger partial charge on any atom is -0.495 e. The first-order chi connectivity index (χ1) is 10.6. The van der Waals surface area contributed by atoms with Gasteiger partial charge in [-0.1, -0.05) is 13.8 Å². The molecular formula is C14H19NO7S. The predicted molar refractivity (Wildman–Crippen MR) is 80.9 cm³/mol. The molecule has 0 heterocycles. The summed E-state index contributed by atoms with van der Waals surface area (Å²) in [6, 6.07) is 2.41. The molecule has 9 heteroatoms. The number of rotatable bonds is 7. The van der Waals surface area contributed by atoms with Crippen LogP contribution >= 0.6 is 0 Å². The molecule has 1 aromatic carbocycles. The summed E-state index contributed by atoms with van der Waals surface area (Å²) in [5.74, 6) is -2.51. The Kier molecular flexibility index (Phi) is 6.11. The van der Waals surface area contributed by atoms with Crippen molar-refractivity contribution >= 4 is 22.0 Å². The maximum atomic E-state index is 12.5. The van der Waals surface area contributed by atoms with Crippen molar-refractivity contribution in [1.29, 1.82) is 0 Å². The third kappa shape index (κ3) is 4.42. The molecule has 0 radical (unpaired) electrons. The monoisotopic (exact) mass is 345 g/mol. The van der Waals surface area contributed by atoms with Gasteiger partial charge in [-0.15, -0.1) is 0 Å². The highest BCUT2D eigenvalue weighted by Crippen LogP contribution is 2.26.